The third-order valence-electron chi connectivity index (χ3n) is 5.76. The smallest absolute Gasteiger partial charge is 0.222 e. The molecular weight excluding hydrogens is 336 g/mol. The maximum Gasteiger partial charge on any atom is 0.222 e. The maximum atomic E-state index is 12.7. The molecule has 1 aliphatic rings. The second-order valence-corrected chi connectivity index (χ2v) is 8.96. The quantitative estimate of drug-likeness (QED) is 0.802. The molecule has 0 atom stereocenters. The average Bonchev–Trinajstić information content (AvgIpc) is 2.77. The summed E-state index contributed by atoms with van der Waals surface area (Å²) in [6, 6.07) is 0. The highest BCUT2D eigenvalue weighted by Gasteiger charge is 2.23. The molecule has 1 saturated heterocycles. The summed E-state index contributed by atoms with van der Waals surface area (Å²) in [5.41, 5.74) is 5.33. The standard InChI is InChI=1S/C22H34N4O/c1-15-18(11-12-19(27)25-13-9-7-8-10-14-25)16(2)23-21-20(15)17(3)24-26(21)22(4,5)6/h7-14H2,1-6H3. The number of carbonyl (C=O) groups is 1. The van der Waals surface area contributed by atoms with Gasteiger partial charge >= 0.3 is 0 Å². The molecule has 1 amide bonds. The van der Waals surface area contributed by atoms with Crippen LogP contribution in [-0.2, 0) is 16.8 Å². The Kier molecular flexibility index (Phi) is 5.59. The molecule has 2 aromatic rings. The molecule has 0 spiro atoms. The van der Waals surface area contributed by atoms with Crippen LogP contribution in [0.5, 0.6) is 0 Å². The Morgan fingerprint density at radius 1 is 1.00 bits per heavy atom. The van der Waals surface area contributed by atoms with Crippen molar-refractivity contribution in [1.29, 1.82) is 0 Å². The van der Waals surface area contributed by atoms with Gasteiger partial charge in [-0.2, -0.15) is 5.10 Å². The van der Waals surface area contributed by atoms with E-state index in [4.69, 9.17) is 10.1 Å². The van der Waals surface area contributed by atoms with Crippen LogP contribution in [0.25, 0.3) is 11.0 Å². The van der Waals surface area contributed by atoms with Crippen molar-refractivity contribution in [2.45, 2.75) is 85.6 Å². The van der Waals surface area contributed by atoms with E-state index in [0.717, 1.165) is 54.8 Å². The van der Waals surface area contributed by atoms with Gasteiger partial charge in [0, 0.05) is 30.6 Å². The Labute approximate surface area is 163 Å². The number of hydrogen-bond acceptors (Lipinski definition) is 3. The minimum Gasteiger partial charge on any atom is -0.343 e. The molecule has 3 rings (SSSR count). The van der Waals surface area contributed by atoms with Crippen LogP contribution in [0.15, 0.2) is 0 Å². The summed E-state index contributed by atoms with van der Waals surface area (Å²) in [6.07, 6.45) is 6.11. The molecular formula is C22H34N4O. The lowest BCUT2D eigenvalue weighted by Crippen LogP contribution is -2.32. The normalized spacial score (nSPS) is 16.0. The summed E-state index contributed by atoms with van der Waals surface area (Å²) in [5, 5.41) is 5.91. The summed E-state index contributed by atoms with van der Waals surface area (Å²) in [5.74, 6) is 0.290. The zero-order chi connectivity index (χ0) is 19.8. The van der Waals surface area contributed by atoms with Gasteiger partial charge in [-0.15, -0.1) is 0 Å². The number of nitrogens with zero attached hydrogens (tertiary/aromatic N) is 4. The lowest BCUT2D eigenvalue weighted by atomic mass is 9.98. The van der Waals surface area contributed by atoms with E-state index in [9.17, 15) is 4.79 Å². The second-order valence-electron chi connectivity index (χ2n) is 8.96. The Morgan fingerprint density at radius 2 is 1.63 bits per heavy atom. The molecule has 0 N–H and O–H groups in total. The van der Waals surface area contributed by atoms with Gasteiger partial charge in [0.2, 0.25) is 5.91 Å². The highest BCUT2D eigenvalue weighted by molar-refractivity contribution is 5.84. The zero-order valence-electron chi connectivity index (χ0n) is 17.9. The van der Waals surface area contributed by atoms with Crippen molar-refractivity contribution in [3.63, 3.8) is 0 Å². The molecule has 0 aromatic carbocycles. The summed E-state index contributed by atoms with van der Waals surface area (Å²) < 4.78 is 2.03. The van der Waals surface area contributed by atoms with Crippen LogP contribution in [-0.4, -0.2) is 38.7 Å². The molecule has 148 valence electrons. The number of fused-ring (bicyclic) bond motifs is 1. The van der Waals surface area contributed by atoms with Gasteiger partial charge in [-0.25, -0.2) is 9.67 Å². The van der Waals surface area contributed by atoms with Crippen LogP contribution in [0.3, 0.4) is 0 Å². The molecule has 27 heavy (non-hydrogen) atoms. The van der Waals surface area contributed by atoms with Gasteiger partial charge in [0.05, 0.1) is 11.2 Å². The first-order valence-corrected chi connectivity index (χ1v) is 10.3. The number of hydrogen-bond donors (Lipinski definition) is 0. The minimum atomic E-state index is -0.108. The predicted octanol–water partition coefficient (Wildman–Crippen LogP) is 4.45. The van der Waals surface area contributed by atoms with Crippen LogP contribution < -0.4 is 0 Å². The van der Waals surface area contributed by atoms with Gasteiger partial charge < -0.3 is 4.90 Å². The average molecular weight is 371 g/mol. The first-order chi connectivity index (χ1) is 12.7. The fraction of sp³-hybridized carbons (Fsp3) is 0.682. The Hall–Kier alpha value is -1.91. The summed E-state index contributed by atoms with van der Waals surface area (Å²) in [7, 11) is 0. The van der Waals surface area contributed by atoms with Crippen molar-refractivity contribution in [2.24, 2.45) is 0 Å². The molecule has 0 radical (unpaired) electrons. The Morgan fingerprint density at radius 3 is 2.22 bits per heavy atom. The molecule has 5 nitrogen and oxygen atoms in total. The zero-order valence-corrected chi connectivity index (χ0v) is 17.9. The number of aryl methyl sites for hydroxylation is 3. The maximum absolute atomic E-state index is 12.7. The van der Waals surface area contributed by atoms with E-state index in [-0.39, 0.29) is 11.4 Å². The van der Waals surface area contributed by atoms with Gasteiger partial charge in [0.25, 0.3) is 0 Å². The first-order valence-electron chi connectivity index (χ1n) is 10.3. The van der Waals surface area contributed by atoms with Crippen molar-refractivity contribution in [3.8, 4) is 0 Å². The van der Waals surface area contributed by atoms with Crippen LogP contribution in [0.4, 0.5) is 0 Å². The summed E-state index contributed by atoms with van der Waals surface area (Å²) >= 11 is 0. The molecule has 3 heterocycles. The fourth-order valence-corrected chi connectivity index (χ4v) is 4.25. The van der Waals surface area contributed by atoms with E-state index in [2.05, 4.69) is 46.4 Å². The van der Waals surface area contributed by atoms with E-state index in [0.29, 0.717) is 6.42 Å². The van der Waals surface area contributed by atoms with Crippen LogP contribution in [0, 0.1) is 20.8 Å². The number of aromatic nitrogens is 3. The van der Waals surface area contributed by atoms with E-state index in [1.54, 1.807) is 0 Å². The topological polar surface area (TPSA) is 51.0 Å². The predicted molar refractivity (Wildman–Crippen MR) is 110 cm³/mol. The molecule has 0 saturated carbocycles. The summed E-state index contributed by atoms with van der Waals surface area (Å²) in [4.78, 5) is 19.7. The van der Waals surface area contributed by atoms with E-state index in [1.807, 2.05) is 4.68 Å². The van der Waals surface area contributed by atoms with Crippen LogP contribution in [0.2, 0.25) is 0 Å². The van der Waals surface area contributed by atoms with Gasteiger partial charge in [-0.1, -0.05) is 12.8 Å². The highest BCUT2D eigenvalue weighted by atomic mass is 16.2. The molecule has 1 fully saturated rings. The van der Waals surface area contributed by atoms with Crippen molar-refractivity contribution < 1.29 is 4.79 Å². The lowest BCUT2D eigenvalue weighted by Gasteiger charge is -2.21. The van der Waals surface area contributed by atoms with Crippen molar-refractivity contribution >= 4 is 16.9 Å². The largest absolute Gasteiger partial charge is 0.343 e. The van der Waals surface area contributed by atoms with Gasteiger partial charge in [-0.05, 0) is 71.9 Å². The SMILES string of the molecule is Cc1nc2c(c(C)nn2C(C)(C)C)c(C)c1CCC(=O)N1CCCCCC1. The highest BCUT2D eigenvalue weighted by Crippen LogP contribution is 2.29. The van der Waals surface area contributed by atoms with Gasteiger partial charge in [-0.3, -0.25) is 4.79 Å². The van der Waals surface area contributed by atoms with Crippen LogP contribution >= 0.6 is 0 Å². The third kappa shape index (κ3) is 4.02. The summed E-state index contributed by atoms with van der Waals surface area (Å²) in [6.45, 7) is 14.6. The first kappa shape index (κ1) is 19.8. The lowest BCUT2D eigenvalue weighted by molar-refractivity contribution is -0.131. The Balaban J connectivity index is 1.87. The van der Waals surface area contributed by atoms with E-state index >= 15 is 0 Å². The van der Waals surface area contributed by atoms with Crippen molar-refractivity contribution in [1.82, 2.24) is 19.7 Å². The number of amides is 1. The van der Waals surface area contributed by atoms with Crippen molar-refractivity contribution in [3.05, 3.63) is 22.5 Å². The number of carbonyl (C=O) groups excluding carboxylic acids is 1. The molecule has 0 bridgehead atoms. The molecule has 0 aliphatic carbocycles. The van der Waals surface area contributed by atoms with Crippen molar-refractivity contribution in [2.75, 3.05) is 13.1 Å². The van der Waals surface area contributed by atoms with Crippen LogP contribution in [0.1, 0.15) is 75.4 Å². The Bertz CT molecular complexity index is 836. The monoisotopic (exact) mass is 370 g/mol. The molecule has 5 heteroatoms. The van der Waals surface area contributed by atoms with E-state index in [1.165, 1.54) is 24.0 Å². The van der Waals surface area contributed by atoms with E-state index < -0.39 is 0 Å². The molecule has 2 aromatic heterocycles. The number of rotatable bonds is 3. The van der Waals surface area contributed by atoms with Gasteiger partial charge in [0.15, 0.2) is 5.65 Å². The second kappa shape index (κ2) is 7.61. The molecule has 1 aliphatic heterocycles. The molecule has 0 unspecified atom stereocenters. The number of likely N-dealkylation sites (tertiary alicyclic amines) is 1. The number of pyridine rings is 1. The van der Waals surface area contributed by atoms with Gasteiger partial charge in [0.1, 0.15) is 0 Å². The third-order valence-corrected chi connectivity index (χ3v) is 5.76. The fourth-order valence-electron chi connectivity index (χ4n) is 4.25. The minimum absolute atomic E-state index is 0.108.